The zero-order chi connectivity index (χ0) is 25.5. The summed E-state index contributed by atoms with van der Waals surface area (Å²) in [5.74, 6) is 1.76. The monoisotopic (exact) mass is 508 g/mol. The first-order valence-corrected chi connectivity index (χ1v) is 13.3. The molecule has 192 valence electrons. The highest BCUT2D eigenvalue weighted by Crippen LogP contribution is 2.27. The molecule has 0 bridgehead atoms. The van der Waals surface area contributed by atoms with Gasteiger partial charge in [0.2, 0.25) is 5.91 Å². The van der Waals surface area contributed by atoms with Crippen molar-refractivity contribution in [3.05, 3.63) is 76.6 Å². The summed E-state index contributed by atoms with van der Waals surface area (Å²) in [6, 6.07) is 18.1. The number of aryl methyl sites for hydroxylation is 1. The highest BCUT2D eigenvalue weighted by molar-refractivity contribution is 6.32. The first-order chi connectivity index (χ1) is 17.4. The molecule has 1 aliphatic heterocycles. The summed E-state index contributed by atoms with van der Waals surface area (Å²) in [6.07, 6.45) is 3.28. The maximum absolute atomic E-state index is 12.7. The molecular formula is C29H37ClN4O2. The van der Waals surface area contributed by atoms with E-state index in [0.717, 1.165) is 60.7 Å². The molecule has 2 aromatic carbocycles. The standard InChI is InChI=1S/C29H37ClN4O2/c1-21(2)15-26-17-24(32-34(26)25-7-5-4-6-8-25)18-29(35)31-20-33-13-11-23(12-14-33)19-36-28-10-9-22(3)16-27(28)30/h4-10,16-17,21,23H,11-15,18-20H2,1-3H3,(H,31,35). The Labute approximate surface area is 219 Å². The minimum absolute atomic E-state index is 0.00304. The topological polar surface area (TPSA) is 59.4 Å². The average molecular weight is 509 g/mol. The molecular weight excluding hydrogens is 472 g/mol. The number of carbonyl (C=O) groups excluding carboxylic acids is 1. The maximum atomic E-state index is 12.7. The van der Waals surface area contributed by atoms with Crippen molar-refractivity contribution in [2.45, 2.75) is 46.5 Å². The summed E-state index contributed by atoms with van der Waals surface area (Å²) in [6.45, 7) is 9.53. The molecule has 7 heteroatoms. The van der Waals surface area contributed by atoms with Crippen molar-refractivity contribution >= 4 is 17.5 Å². The van der Waals surface area contributed by atoms with Crippen LogP contribution in [0.2, 0.25) is 5.02 Å². The van der Waals surface area contributed by atoms with Gasteiger partial charge in [0, 0.05) is 18.8 Å². The molecule has 1 fully saturated rings. The number of nitrogens with zero attached hydrogens (tertiary/aromatic N) is 3. The maximum Gasteiger partial charge on any atom is 0.227 e. The van der Waals surface area contributed by atoms with Gasteiger partial charge in [0.25, 0.3) is 0 Å². The van der Waals surface area contributed by atoms with Crippen molar-refractivity contribution < 1.29 is 9.53 Å². The van der Waals surface area contributed by atoms with Crippen LogP contribution in [0.5, 0.6) is 5.75 Å². The third kappa shape index (κ3) is 7.34. The molecule has 0 aliphatic carbocycles. The number of piperidine rings is 1. The number of aromatic nitrogens is 2. The molecule has 2 heterocycles. The summed E-state index contributed by atoms with van der Waals surface area (Å²) in [7, 11) is 0. The van der Waals surface area contributed by atoms with E-state index < -0.39 is 0 Å². The van der Waals surface area contributed by atoms with E-state index in [1.165, 1.54) is 0 Å². The Morgan fingerprint density at radius 2 is 1.89 bits per heavy atom. The highest BCUT2D eigenvalue weighted by Gasteiger charge is 2.21. The van der Waals surface area contributed by atoms with Crippen molar-refractivity contribution in [2.75, 3.05) is 26.4 Å². The van der Waals surface area contributed by atoms with E-state index in [4.69, 9.17) is 21.4 Å². The van der Waals surface area contributed by atoms with E-state index in [-0.39, 0.29) is 12.3 Å². The largest absolute Gasteiger partial charge is 0.492 e. The molecule has 1 aliphatic rings. The van der Waals surface area contributed by atoms with Gasteiger partial charge in [-0.05, 0) is 73.9 Å². The van der Waals surface area contributed by atoms with Gasteiger partial charge in [0.1, 0.15) is 5.75 Å². The number of ether oxygens (including phenoxy) is 1. The second kappa shape index (κ2) is 12.4. The van der Waals surface area contributed by atoms with E-state index in [1.807, 2.05) is 60.1 Å². The molecule has 1 amide bonds. The van der Waals surface area contributed by atoms with Gasteiger partial charge < -0.3 is 10.1 Å². The molecule has 4 rings (SSSR count). The van der Waals surface area contributed by atoms with Crippen LogP contribution in [0.3, 0.4) is 0 Å². The van der Waals surface area contributed by atoms with Crippen LogP contribution < -0.4 is 10.1 Å². The van der Waals surface area contributed by atoms with Crippen LogP contribution in [0.25, 0.3) is 5.69 Å². The second-order valence-electron chi connectivity index (χ2n) is 10.2. The predicted molar refractivity (Wildman–Crippen MR) is 145 cm³/mol. The quantitative estimate of drug-likeness (QED) is 0.396. The van der Waals surface area contributed by atoms with Crippen LogP contribution in [-0.2, 0) is 17.6 Å². The van der Waals surface area contributed by atoms with E-state index in [0.29, 0.717) is 30.1 Å². The second-order valence-corrected chi connectivity index (χ2v) is 10.6. The zero-order valence-corrected chi connectivity index (χ0v) is 22.3. The number of hydrogen-bond donors (Lipinski definition) is 1. The van der Waals surface area contributed by atoms with E-state index in [2.05, 4.69) is 30.1 Å². The molecule has 0 unspecified atom stereocenters. The average Bonchev–Trinajstić information content (AvgIpc) is 3.24. The SMILES string of the molecule is Cc1ccc(OCC2CCN(CNC(=O)Cc3cc(CC(C)C)n(-c4ccccc4)n3)CC2)c(Cl)c1. The summed E-state index contributed by atoms with van der Waals surface area (Å²) in [4.78, 5) is 15.0. The van der Waals surface area contributed by atoms with Crippen LogP contribution >= 0.6 is 11.6 Å². The minimum atomic E-state index is 0.00304. The Morgan fingerprint density at radius 1 is 1.14 bits per heavy atom. The van der Waals surface area contributed by atoms with Crippen LogP contribution in [0, 0.1) is 18.8 Å². The number of benzene rings is 2. The van der Waals surface area contributed by atoms with Gasteiger partial charge >= 0.3 is 0 Å². The van der Waals surface area contributed by atoms with Crippen molar-refractivity contribution in [3.63, 3.8) is 0 Å². The van der Waals surface area contributed by atoms with Crippen LogP contribution in [0.15, 0.2) is 54.6 Å². The number of halogens is 1. The van der Waals surface area contributed by atoms with Crippen LogP contribution in [0.4, 0.5) is 0 Å². The molecule has 3 aromatic rings. The Bertz CT molecular complexity index is 1140. The third-order valence-electron chi connectivity index (χ3n) is 6.56. The van der Waals surface area contributed by atoms with Crippen LogP contribution in [-0.4, -0.2) is 47.0 Å². The lowest BCUT2D eigenvalue weighted by Gasteiger charge is -2.31. The van der Waals surface area contributed by atoms with Gasteiger partial charge in [0.15, 0.2) is 0 Å². The Balaban J connectivity index is 1.23. The van der Waals surface area contributed by atoms with E-state index in [1.54, 1.807) is 0 Å². The van der Waals surface area contributed by atoms with Crippen molar-refractivity contribution in [3.8, 4) is 11.4 Å². The van der Waals surface area contributed by atoms with E-state index >= 15 is 0 Å². The van der Waals surface area contributed by atoms with Gasteiger partial charge in [-0.3, -0.25) is 9.69 Å². The Kier molecular flexibility index (Phi) is 9.05. The summed E-state index contributed by atoms with van der Waals surface area (Å²) in [5.41, 5.74) is 4.09. The molecule has 0 radical (unpaired) electrons. The molecule has 1 aromatic heterocycles. The highest BCUT2D eigenvalue weighted by atomic mass is 35.5. The lowest BCUT2D eigenvalue weighted by Crippen LogP contribution is -2.43. The molecule has 1 saturated heterocycles. The first kappa shape index (κ1) is 26.2. The minimum Gasteiger partial charge on any atom is -0.492 e. The van der Waals surface area contributed by atoms with Gasteiger partial charge in [-0.25, -0.2) is 4.68 Å². The van der Waals surface area contributed by atoms with Gasteiger partial charge in [0.05, 0.1) is 36.1 Å². The first-order valence-electron chi connectivity index (χ1n) is 12.9. The normalized spacial score (nSPS) is 14.8. The third-order valence-corrected chi connectivity index (χ3v) is 6.86. The lowest BCUT2D eigenvalue weighted by molar-refractivity contribution is -0.121. The predicted octanol–water partition coefficient (Wildman–Crippen LogP) is 5.44. The molecule has 6 nitrogen and oxygen atoms in total. The fraction of sp³-hybridized carbons (Fsp3) is 0.448. The molecule has 0 atom stereocenters. The number of likely N-dealkylation sites (tertiary alicyclic amines) is 1. The van der Waals surface area contributed by atoms with Crippen LogP contribution in [0.1, 0.15) is 43.6 Å². The fourth-order valence-corrected chi connectivity index (χ4v) is 4.88. The molecule has 0 saturated carbocycles. The molecule has 1 N–H and O–H groups in total. The number of amides is 1. The van der Waals surface area contributed by atoms with Crippen molar-refractivity contribution in [1.29, 1.82) is 0 Å². The Hall–Kier alpha value is -2.83. The summed E-state index contributed by atoms with van der Waals surface area (Å²) in [5, 5.41) is 8.50. The van der Waals surface area contributed by atoms with Crippen molar-refractivity contribution in [2.24, 2.45) is 11.8 Å². The molecule has 0 spiro atoms. The number of para-hydroxylation sites is 1. The number of rotatable bonds is 10. The number of carbonyl (C=O) groups is 1. The van der Waals surface area contributed by atoms with Gasteiger partial charge in [-0.1, -0.05) is 49.7 Å². The number of hydrogen-bond acceptors (Lipinski definition) is 4. The number of nitrogens with one attached hydrogen (secondary N) is 1. The van der Waals surface area contributed by atoms with Crippen molar-refractivity contribution in [1.82, 2.24) is 20.0 Å². The fourth-order valence-electron chi connectivity index (χ4n) is 4.59. The van der Waals surface area contributed by atoms with Gasteiger partial charge in [-0.2, -0.15) is 5.10 Å². The van der Waals surface area contributed by atoms with Gasteiger partial charge in [-0.15, -0.1) is 0 Å². The lowest BCUT2D eigenvalue weighted by atomic mass is 9.98. The summed E-state index contributed by atoms with van der Waals surface area (Å²) < 4.78 is 7.94. The summed E-state index contributed by atoms with van der Waals surface area (Å²) >= 11 is 6.28. The smallest absolute Gasteiger partial charge is 0.227 e. The molecule has 36 heavy (non-hydrogen) atoms. The van der Waals surface area contributed by atoms with E-state index in [9.17, 15) is 4.79 Å². The zero-order valence-electron chi connectivity index (χ0n) is 21.5. The Morgan fingerprint density at radius 3 is 2.58 bits per heavy atom.